The van der Waals surface area contributed by atoms with E-state index >= 15 is 0 Å². The maximum atomic E-state index is 12.8. The zero-order valence-corrected chi connectivity index (χ0v) is 55.0. The lowest BCUT2D eigenvalue weighted by molar-refractivity contribution is 0.0696. The summed E-state index contributed by atoms with van der Waals surface area (Å²) in [6.07, 6.45) is 6.81. The van der Waals surface area contributed by atoms with Crippen LogP contribution in [0.3, 0.4) is 0 Å². The summed E-state index contributed by atoms with van der Waals surface area (Å²) in [5, 5.41) is 19.8. The fraction of sp³-hybridized carbons (Fsp3) is 0.240. The quantitative estimate of drug-likeness (QED) is 0.0527. The maximum absolute atomic E-state index is 12.8. The van der Waals surface area contributed by atoms with Gasteiger partial charge in [-0.2, -0.15) is 0 Å². The van der Waals surface area contributed by atoms with Crippen molar-refractivity contribution < 1.29 is 29.0 Å². The molecule has 0 unspecified atom stereocenters. The lowest BCUT2D eigenvalue weighted by Crippen LogP contribution is -2.37. The van der Waals surface area contributed by atoms with Crippen LogP contribution in [0.4, 0.5) is 17.1 Å². The van der Waals surface area contributed by atoms with Crippen molar-refractivity contribution in [2.45, 2.75) is 46.3 Å². The molecule has 5 heterocycles. The number of carbonyl (C=O) groups is 3. The first-order valence-electron chi connectivity index (χ1n) is 30.7. The van der Waals surface area contributed by atoms with E-state index < -0.39 is 5.97 Å². The van der Waals surface area contributed by atoms with Crippen molar-refractivity contribution in [3.8, 4) is 11.5 Å². The van der Waals surface area contributed by atoms with Crippen molar-refractivity contribution >= 4 is 88.5 Å². The van der Waals surface area contributed by atoms with Crippen LogP contribution < -0.4 is 36.9 Å². The predicted octanol–water partition coefficient (Wildman–Crippen LogP) is 13.6. The van der Waals surface area contributed by atoms with Gasteiger partial charge in [-0.3, -0.25) is 34.3 Å². The zero-order chi connectivity index (χ0) is 64.6. The molecule has 13 rings (SSSR count). The largest absolute Gasteiger partial charge is 0.496 e. The number of ether oxygens (including phenoxy) is 2. The molecule has 0 atom stereocenters. The number of methoxy groups -OCH3 is 2. The number of halogens is 2. The minimum Gasteiger partial charge on any atom is -0.496 e. The number of rotatable bonds is 15. The zero-order valence-electron chi connectivity index (χ0n) is 51.9. The van der Waals surface area contributed by atoms with Crippen LogP contribution >= 0.6 is 31.9 Å². The van der Waals surface area contributed by atoms with Gasteiger partial charge in [0.1, 0.15) is 11.5 Å². The molecule has 3 aliphatic heterocycles. The number of pyridine rings is 2. The van der Waals surface area contributed by atoms with Crippen LogP contribution in [0.5, 0.6) is 11.5 Å². The van der Waals surface area contributed by atoms with Crippen LogP contribution in [-0.4, -0.2) is 121 Å². The van der Waals surface area contributed by atoms with Crippen molar-refractivity contribution in [3.63, 3.8) is 0 Å². The van der Waals surface area contributed by atoms with Gasteiger partial charge in [0.2, 0.25) is 0 Å². The van der Waals surface area contributed by atoms with Gasteiger partial charge >= 0.3 is 5.97 Å². The molecule has 2 amide bonds. The van der Waals surface area contributed by atoms with Crippen LogP contribution in [0, 0.1) is 0 Å². The lowest BCUT2D eigenvalue weighted by Gasteiger charge is -2.28. The van der Waals surface area contributed by atoms with Gasteiger partial charge in [0, 0.05) is 127 Å². The molecular weight excluding hydrogens is 1300 g/mol. The molecule has 18 heteroatoms. The number of fused-ring (bicyclic) bond motifs is 5. The summed E-state index contributed by atoms with van der Waals surface area (Å²) in [5.74, 6) is 0.593. The van der Waals surface area contributed by atoms with Gasteiger partial charge in [-0.25, -0.2) is 4.79 Å². The lowest BCUT2D eigenvalue weighted by atomic mass is 10.00. The molecule has 482 valence electrons. The third kappa shape index (κ3) is 20.2. The summed E-state index contributed by atoms with van der Waals surface area (Å²) in [6.45, 7) is 11.0. The Labute approximate surface area is 562 Å². The van der Waals surface area contributed by atoms with E-state index in [1.807, 2.05) is 91.0 Å². The number of nitrogens with zero attached hydrogens (tertiary/aromatic N) is 5. The summed E-state index contributed by atoms with van der Waals surface area (Å²) in [7, 11) is 3.29. The van der Waals surface area contributed by atoms with Gasteiger partial charge in [-0.1, -0.05) is 130 Å². The summed E-state index contributed by atoms with van der Waals surface area (Å²) >= 11 is 6.56. The number of aromatic carboxylic acids is 1. The van der Waals surface area contributed by atoms with E-state index in [2.05, 4.69) is 145 Å². The second kappa shape index (κ2) is 35.7. The summed E-state index contributed by atoms with van der Waals surface area (Å²) in [5.41, 5.74) is 25.6. The number of carbonyl (C=O) groups excluding carboxylic acids is 2. The Morgan fingerprint density at radius 1 is 0.505 bits per heavy atom. The molecule has 0 bridgehead atoms. The minimum atomic E-state index is -0.902. The Morgan fingerprint density at radius 3 is 1.41 bits per heavy atom. The third-order valence-corrected chi connectivity index (χ3v) is 17.0. The molecule has 3 aliphatic rings. The van der Waals surface area contributed by atoms with Gasteiger partial charge in [0.15, 0.2) is 0 Å². The Morgan fingerprint density at radius 2 is 0.935 bits per heavy atom. The maximum Gasteiger partial charge on any atom is 0.335 e. The number of hydrogen-bond acceptors (Lipinski definition) is 13. The number of hydrogen-bond donors (Lipinski definition) is 6. The van der Waals surface area contributed by atoms with E-state index in [4.69, 9.17) is 26.0 Å². The Balaban J connectivity index is 0.000000161. The van der Waals surface area contributed by atoms with E-state index in [0.29, 0.717) is 35.5 Å². The molecule has 0 saturated heterocycles. The average Bonchev–Trinajstić information content (AvgIpc) is 0.899. The van der Waals surface area contributed by atoms with Gasteiger partial charge in [-0.15, -0.1) is 0 Å². The highest BCUT2D eigenvalue weighted by Gasteiger charge is 2.19. The van der Waals surface area contributed by atoms with Gasteiger partial charge in [0.25, 0.3) is 11.8 Å². The second-order valence-corrected chi connectivity index (χ2v) is 24.0. The SMILES string of the molecule is C.COc1ccc(N)c2ncccc12.COc1ccc(Nc2cccc(C(=O)NCCN3CCc4ccccc4C3)c2)c2ncccc12.NCCN1CCc2ccccc2C1.O=C(NCCN1CCc2ccccc2C1)c1cccc(Br)c1.O=C(O)c1cccc(Br)c1. The van der Waals surface area contributed by atoms with E-state index in [1.54, 1.807) is 56.9 Å². The van der Waals surface area contributed by atoms with E-state index in [0.717, 1.165) is 132 Å². The average molecular weight is 1380 g/mol. The normalized spacial score (nSPS) is 13.1. The molecule has 0 spiro atoms. The number of nitrogens with two attached hydrogens (primary N) is 2. The van der Waals surface area contributed by atoms with Crippen LogP contribution in [-0.2, 0) is 38.9 Å². The fourth-order valence-corrected chi connectivity index (χ4v) is 12.0. The van der Waals surface area contributed by atoms with E-state index in [1.165, 1.54) is 39.8 Å². The Hall–Kier alpha value is -9.01. The number of aromatic nitrogens is 2. The highest BCUT2D eigenvalue weighted by atomic mass is 79.9. The molecular formula is C75H82Br2N10O6. The van der Waals surface area contributed by atoms with Crippen molar-refractivity contribution in [1.29, 1.82) is 0 Å². The number of nitrogen functional groups attached to an aromatic ring is 1. The van der Waals surface area contributed by atoms with E-state index in [9.17, 15) is 14.4 Å². The number of anilines is 3. The second-order valence-electron chi connectivity index (χ2n) is 22.2. The van der Waals surface area contributed by atoms with Crippen molar-refractivity contribution in [2.75, 3.05) is 84.2 Å². The fourth-order valence-electron chi connectivity index (χ4n) is 11.2. The standard InChI is InChI=1S/C28H28N4O2.C18H19BrN2O.C11H16N2.C10H10N2O.C7H5BrO2.CH4/c1-34-26-12-11-25(27-24(26)10-5-14-29-27)31-23-9-4-8-21(18-23)28(33)30-15-17-32-16-13-20-6-2-3-7-22(20)19-32;19-17-7-3-6-15(12-17)18(22)20-9-11-21-10-8-14-4-1-2-5-16(14)13-21;12-6-8-13-7-5-10-3-1-2-4-11(10)9-13;1-13-9-5-4-8(11)10-7(9)3-2-6-12-10;8-6-3-1-2-5(4-6)7(9)10;/h2-12,14,18,31H,13,15-17,19H2,1H3,(H,30,33);1-7,12H,8-11,13H2,(H,20,22);1-4H,5-9,12H2;2-6H,11H2,1H3;1-4H,(H,9,10);1H4. The third-order valence-electron chi connectivity index (χ3n) is 16.0. The number of nitrogens with one attached hydrogen (secondary N) is 3. The number of carboxylic acid groups (broad SMARTS) is 1. The summed E-state index contributed by atoms with van der Waals surface area (Å²) in [4.78, 5) is 51.1. The molecule has 2 aromatic heterocycles. The number of amides is 2. The summed E-state index contributed by atoms with van der Waals surface area (Å²) < 4.78 is 12.4. The molecule has 16 nitrogen and oxygen atoms in total. The number of carboxylic acids is 1. The van der Waals surface area contributed by atoms with Crippen LogP contribution in [0.15, 0.2) is 215 Å². The van der Waals surface area contributed by atoms with Crippen LogP contribution in [0.25, 0.3) is 21.8 Å². The van der Waals surface area contributed by atoms with Gasteiger partial charge in [0.05, 0.1) is 42.2 Å². The summed E-state index contributed by atoms with van der Waals surface area (Å²) in [6, 6.07) is 62.7. The molecule has 0 saturated carbocycles. The topological polar surface area (TPSA) is 214 Å². The van der Waals surface area contributed by atoms with Gasteiger partial charge in [-0.05, 0) is 156 Å². The predicted molar refractivity (Wildman–Crippen MR) is 383 cm³/mol. The highest BCUT2D eigenvalue weighted by Crippen LogP contribution is 2.32. The molecule has 10 aromatic rings. The molecule has 8 N–H and O–H groups in total. The van der Waals surface area contributed by atoms with Crippen LogP contribution in [0.2, 0.25) is 0 Å². The van der Waals surface area contributed by atoms with Crippen molar-refractivity contribution in [1.82, 2.24) is 35.3 Å². The first-order valence-corrected chi connectivity index (χ1v) is 32.3. The van der Waals surface area contributed by atoms with Crippen molar-refractivity contribution in [3.05, 3.63) is 266 Å². The highest BCUT2D eigenvalue weighted by molar-refractivity contribution is 9.10. The van der Waals surface area contributed by atoms with Crippen molar-refractivity contribution in [2.24, 2.45) is 5.73 Å². The van der Waals surface area contributed by atoms with E-state index in [-0.39, 0.29) is 19.2 Å². The molecule has 0 aliphatic carbocycles. The van der Waals surface area contributed by atoms with Gasteiger partial charge < -0.3 is 42.0 Å². The Bertz CT molecular complexity index is 4100. The smallest absolute Gasteiger partial charge is 0.335 e. The minimum absolute atomic E-state index is 0. The number of benzene rings is 8. The first-order chi connectivity index (χ1) is 44.9. The molecule has 0 radical (unpaired) electrons. The molecule has 8 aromatic carbocycles. The first kappa shape index (κ1) is 69.9. The monoisotopic (exact) mass is 1380 g/mol. The molecule has 0 fully saturated rings. The molecule has 93 heavy (non-hydrogen) atoms. The van der Waals surface area contributed by atoms with Crippen LogP contribution in [0.1, 0.15) is 71.9 Å². The Kier molecular flexibility index (Phi) is 26.8.